The summed E-state index contributed by atoms with van der Waals surface area (Å²) in [5.74, 6) is 0.419. The highest BCUT2D eigenvalue weighted by molar-refractivity contribution is 5.51. The van der Waals surface area contributed by atoms with Crippen LogP contribution in [0.25, 0.3) is 5.69 Å². The van der Waals surface area contributed by atoms with Crippen LogP contribution in [0.4, 0.5) is 10.3 Å². The van der Waals surface area contributed by atoms with Gasteiger partial charge in [0.15, 0.2) is 0 Å². The summed E-state index contributed by atoms with van der Waals surface area (Å²) in [6, 6.07) is 4.27. The molecule has 84 valence electrons. The van der Waals surface area contributed by atoms with E-state index in [1.54, 1.807) is 16.8 Å². The molecule has 1 heterocycles. The molecule has 4 nitrogen and oxygen atoms in total. The van der Waals surface area contributed by atoms with E-state index in [9.17, 15) is 4.39 Å². The number of aromatic nitrogens is 2. The molecule has 1 aromatic carbocycles. The average molecular weight is 221 g/mol. The number of ether oxygens (including phenoxy) is 1. The molecule has 0 aliphatic heterocycles. The average Bonchev–Trinajstić information content (AvgIpc) is 2.57. The van der Waals surface area contributed by atoms with Gasteiger partial charge in [0.1, 0.15) is 11.6 Å². The van der Waals surface area contributed by atoms with Gasteiger partial charge in [-0.25, -0.2) is 9.37 Å². The van der Waals surface area contributed by atoms with Crippen LogP contribution in [0.5, 0.6) is 5.75 Å². The zero-order valence-electron chi connectivity index (χ0n) is 9.07. The van der Waals surface area contributed by atoms with Crippen molar-refractivity contribution in [1.29, 1.82) is 0 Å². The van der Waals surface area contributed by atoms with Gasteiger partial charge >= 0.3 is 0 Å². The first-order valence-electron chi connectivity index (χ1n) is 4.77. The second-order valence-electron chi connectivity index (χ2n) is 3.43. The van der Waals surface area contributed by atoms with Crippen LogP contribution in [0.3, 0.4) is 0 Å². The highest BCUT2D eigenvalue weighted by Gasteiger charge is 2.10. The van der Waals surface area contributed by atoms with Gasteiger partial charge in [0.05, 0.1) is 18.5 Å². The van der Waals surface area contributed by atoms with Gasteiger partial charge in [-0.1, -0.05) is 0 Å². The van der Waals surface area contributed by atoms with Gasteiger partial charge in [-0.3, -0.25) is 4.57 Å². The van der Waals surface area contributed by atoms with Crippen LogP contribution in [-0.2, 0) is 0 Å². The Bertz CT molecular complexity index is 522. The first kappa shape index (κ1) is 10.5. The van der Waals surface area contributed by atoms with E-state index < -0.39 is 0 Å². The zero-order valence-corrected chi connectivity index (χ0v) is 9.07. The standard InChI is InChI=1S/C11H12FN3O/c1-7-6-15(11(13)14-7)9-4-3-8(12)5-10(9)16-2/h3-6H,1-2H3,(H2,13,14). The summed E-state index contributed by atoms with van der Waals surface area (Å²) >= 11 is 0. The Morgan fingerprint density at radius 2 is 2.19 bits per heavy atom. The summed E-state index contributed by atoms with van der Waals surface area (Å²) < 4.78 is 19.8. The summed E-state index contributed by atoms with van der Waals surface area (Å²) in [5.41, 5.74) is 7.20. The minimum atomic E-state index is -0.351. The molecule has 5 heteroatoms. The number of aryl methyl sites for hydroxylation is 1. The SMILES string of the molecule is COc1cc(F)ccc1-n1cc(C)nc1N. The van der Waals surface area contributed by atoms with Crippen molar-refractivity contribution in [3.05, 3.63) is 35.9 Å². The minimum absolute atomic E-state index is 0.349. The lowest BCUT2D eigenvalue weighted by Crippen LogP contribution is -2.02. The van der Waals surface area contributed by atoms with E-state index in [0.717, 1.165) is 5.69 Å². The van der Waals surface area contributed by atoms with Gasteiger partial charge < -0.3 is 10.5 Å². The number of anilines is 1. The molecule has 0 unspecified atom stereocenters. The lowest BCUT2D eigenvalue weighted by atomic mass is 10.3. The predicted molar refractivity (Wildman–Crippen MR) is 59.2 cm³/mol. The predicted octanol–water partition coefficient (Wildman–Crippen LogP) is 1.91. The third-order valence-electron chi connectivity index (χ3n) is 2.25. The molecule has 0 atom stereocenters. The Morgan fingerprint density at radius 3 is 2.75 bits per heavy atom. The van der Waals surface area contributed by atoms with Crippen molar-refractivity contribution in [3.8, 4) is 11.4 Å². The molecule has 2 rings (SSSR count). The molecule has 0 saturated heterocycles. The van der Waals surface area contributed by atoms with Gasteiger partial charge in [-0.05, 0) is 19.1 Å². The lowest BCUT2D eigenvalue weighted by molar-refractivity contribution is 0.409. The maximum absolute atomic E-state index is 13.0. The topological polar surface area (TPSA) is 53.1 Å². The largest absolute Gasteiger partial charge is 0.494 e. The fourth-order valence-electron chi connectivity index (χ4n) is 1.56. The molecular weight excluding hydrogens is 209 g/mol. The molecule has 0 amide bonds. The number of hydrogen-bond acceptors (Lipinski definition) is 3. The fraction of sp³-hybridized carbons (Fsp3) is 0.182. The summed E-state index contributed by atoms with van der Waals surface area (Å²) in [6.45, 7) is 1.84. The van der Waals surface area contributed by atoms with Crippen molar-refractivity contribution in [3.63, 3.8) is 0 Å². The monoisotopic (exact) mass is 221 g/mol. The number of nitrogens with two attached hydrogens (primary N) is 1. The molecule has 0 fully saturated rings. The fourth-order valence-corrected chi connectivity index (χ4v) is 1.56. The summed E-state index contributed by atoms with van der Waals surface area (Å²) in [4.78, 5) is 4.08. The highest BCUT2D eigenvalue weighted by atomic mass is 19.1. The van der Waals surface area contributed by atoms with E-state index >= 15 is 0 Å². The van der Waals surface area contributed by atoms with Gasteiger partial charge in [-0.2, -0.15) is 0 Å². The van der Waals surface area contributed by atoms with Crippen LogP contribution >= 0.6 is 0 Å². The van der Waals surface area contributed by atoms with Crippen LogP contribution in [0.2, 0.25) is 0 Å². The van der Waals surface area contributed by atoms with Crippen molar-refractivity contribution < 1.29 is 9.13 Å². The molecular formula is C11H12FN3O. The molecule has 2 N–H and O–H groups in total. The molecule has 0 aliphatic carbocycles. The third-order valence-corrected chi connectivity index (χ3v) is 2.25. The second kappa shape index (κ2) is 3.84. The first-order chi connectivity index (χ1) is 7.61. The molecule has 0 aliphatic rings. The summed E-state index contributed by atoms with van der Waals surface area (Å²) in [5, 5.41) is 0. The number of halogens is 1. The number of imidazole rings is 1. The van der Waals surface area contributed by atoms with Crippen LogP contribution in [0, 0.1) is 12.7 Å². The second-order valence-corrected chi connectivity index (χ2v) is 3.43. The maximum atomic E-state index is 13.0. The molecule has 0 bridgehead atoms. The van der Waals surface area contributed by atoms with E-state index in [1.807, 2.05) is 6.92 Å². The Balaban J connectivity index is 2.59. The number of nitrogens with zero attached hydrogens (tertiary/aromatic N) is 2. The number of nitrogen functional groups attached to an aromatic ring is 1. The first-order valence-corrected chi connectivity index (χ1v) is 4.77. The molecule has 0 saturated carbocycles. The van der Waals surface area contributed by atoms with E-state index in [4.69, 9.17) is 10.5 Å². The number of rotatable bonds is 2. The van der Waals surface area contributed by atoms with E-state index in [0.29, 0.717) is 17.4 Å². The molecule has 16 heavy (non-hydrogen) atoms. The Kier molecular flexibility index (Phi) is 2.52. The van der Waals surface area contributed by atoms with Gasteiger partial charge in [0.2, 0.25) is 5.95 Å². The zero-order chi connectivity index (χ0) is 11.7. The summed E-state index contributed by atoms with van der Waals surface area (Å²) in [6.07, 6.45) is 1.77. The van der Waals surface area contributed by atoms with Crippen LogP contribution < -0.4 is 10.5 Å². The number of benzene rings is 1. The Hall–Kier alpha value is -2.04. The minimum Gasteiger partial charge on any atom is -0.494 e. The van der Waals surface area contributed by atoms with E-state index in [1.165, 1.54) is 19.2 Å². The Morgan fingerprint density at radius 1 is 1.44 bits per heavy atom. The molecule has 1 aromatic heterocycles. The number of methoxy groups -OCH3 is 1. The normalized spacial score (nSPS) is 10.4. The van der Waals surface area contributed by atoms with Gasteiger partial charge in [0, 0.05) is 12.3 Å². The van der Waals surface area contributed by atoms with E-state index in [-0.39, 0.29) is 5.82 Å². The molecule has 0 spiro atoms. The highest BCUT2D eigenvalue weighted by Crippen LogP contribution is 2.25. The van der Waals surface area contributed by atoms with E-state index in [2.05, 4.69) is 4.98 Å². The smallest absolute Gasteiger partial charge is 0.205 e. The van der Waals surface area contributed by atoms with Crippen LogP contribution in [-0.4, -0.2) is 16.7 Å². The quantitative estimate of drug-likeness (QED) is 0.842. The van der Waals surface area contributed by atoms with Crippen molar-refractivity contribution in [2.45, 2.75) is 6.92 Å². The maximum Gasteiger partial charge on any atom is 0.205 e. The van der Waals surface area contributed by atoms with Crippen molar-refractivity contribution in [2.75, 3.05) is 12.8 Å². The Labute approximate surface area is 92.5 Å². The number of hydrogen-bond donors (Lipinski definition) is 1. The van der Waals surface area contributed by atoms with Crippen molar-refractivity contribution in [2.24, 2.45) is 0 Å². The van der Waals surface area contributed by atoms with Crippen LogP contribution in [0.1, 0.15) is 5.69 Å². The molecule has 0 radical (unpaired) electrons. The van der Waals surface area contributed by atoms with Gasteiger partial charge in [0.25, 0.3) is 0 Å². The summed E-state index contributed by atoms with van der Waals surface area (Å²) in [7, 11) is 1.48. The van der Waals surface area contributed by atoms with Crippen molar-refractivity contribution >= 4 is 5.95 Å². The third kappa shape index (κ3) is 1.71. The lowest BCUT2D eigenvalue weighted by Gasteiger charge is -2.10. The van der Waals surface area contributed by atoms with Gasteiger partial charge in [-0.15, -0.1) is 0 Å². The van der Waals surface area contributed by atoms with Crippen molar-refractivity contribution in [1.82, 2.24) is 9.55 Å². The molecule has 2 aromatic rings. The van der Waals surface area contributed by atoms with Crippen LogP contribution in [0.15, 0.2) is 24.4 Å².